The molecule has 0 saturated heterocycles. The number of benzene rings is 1. The second-order valence-electron chi connectivity index (χ2n) is 9.64. The molecular formula is C28H42O. The molecule has 1 nitrogen and oxygen atoms in total. The quantitative estimate of drug-likeness (QED) is 0.274. The minimum atomic E-state index is 0.626. The van der Waals surface area contributed by atoms with Gasteiger partial charge in [0, 0.05) is 0 Å². The second-order valence-corrected chi connectivity index (χ2v) is 9.64. The van der Waals surface area contributed by atoms with E-state index in [1.807, 2.05) is 0 Å². The lowest BCUT2D eigenvalue weighted by molar-refractivity contribution is 0.149. The van der Waals surface area contributed by atoms with Gasteiger partial charge in [0.1, 0.15) is 0 Å². The van der Waals surface area contributed by atoms with E-state index in [1.54, 1.807) is 6.08 Å². The number of ether oxygens (including phenoxy) is 1. The zero-order valence-electron chi connectivity index (χ0n) is 18.5. The lowest BCUT2D eigenvalue weighted by Gasteiger charge is -2.31. The first-order chi connectivity index (χ1) is 14.3. The lowest BCUT2D eigenvalue weighted by Crippen LogP contribution is -2.18. The molecule has 0 bridgehead atoms. The van der Waals surface area contributed by atoms with Crippen molar-refractivity contribution in [1.82, 2.24) is 0 Å². The highest BCUT2D eigenvalue weighted by atomic mass is 16.5. The molecule has 2 aliphatic rings. The van der Waals surface area contributed by atoms with Crippen LogP contribution < -0.4 is 0 Å². The van der Waals surface area contributed by atoms with Crippen molar-refractivity contribution in [2.45, 2.75) is 83.7 Å². The van der Waals surface area contributed by atoms with Gasteiger partial charge >= 0.3 is 0 Å². The van der Waals surface area contributed by atoms with E-state index in [2.05, 4.69) is 43.5 Å². The van der Waals surface area contributed by atoms with Crippen LogP contribution in [0.25, 0.3) is 0 Å². The Labute approximate surface area is 179 Å². The van der Waals surface area contributed by atoms with Gasteiger partial charge in [-0.05, 0) is 73.3 Å². The van der Waals surface area contributed by atoms with Crippen molar-refractivity contribution >= 4 is 0 Å². The van der Waals surface area contributed by atoms with Gasteiger partial charge in [0.15, 0.2) is 0 Å². The van der Waals surface area contributed by atoms with E-state index in [0.717, 1.165) is 23.7 Å². The molecule has 2 aliphatic carbocycles. The van der Waals surface area contributed by atoms with Gasteiger partial charge < -0.3 is 4.74 Å². The molecule has 0 heterocycles. The Morgan fingerprint density at radius 3 is 1.79 bits per heavy atom. The first-order valence-electron chi connectivity index (χ1n) is 12.2. The van der Waals surface area contributed by atoms with Gasteiger partial charge in [-0.3, -0.25) is 0 Å². The third-order valence-corrected chi connectivity index (χ3v) is 7.54. The van der Waals surface area contributed by atoms with Gasteiger partial charge in [-0.25, -0.2) is 0 Å². The molecule has 0 N–H and O–H groups in total. The minimum Gasteiger partial charge on any atom is -0.373 e. The van der Waals surface area contributed by atoms with Gasteiger partial charge in [0.2, 0.25) is 0 Å². The Hall–Kier alpha value is -1.34. The Morgan fingerprint density at radius 1 is 0.724 bits per heavy atom. The summed E-state index contributed by atoms with van der Waals surface area (Å²) in [4.78, 5) is 0. The Bertz CT molecular complexity index is 585. The predicted molar refractivity (Wildman–Crippen MR) is 125 cm³/mol. The Balaban J connectivity index is 1.28. The zero-order valence-corrected chi connectivity index (χ0v) is 18.5. The highest BCUT2D eigenvalue weighted by Crippen LogP contribution is 2.37. The molecule has 0 radical (unpaired) electrons. The molecule has 1 aromatic rings. The van der Waals surface area contributed by atoms with Crippen LogP contribution in [0.5, 0.6) is 0 Å². The molecule has 2 fully saturated rings. The van der Waals surface area contributed by atoms with Crippen LogP contribution in [0.4, 0.5) is 0 Å². The van der Waals surface area contributed by atoms with Crippen molar-refractivity contribution < 1.29 is 4.74 Å². The van der Waals surface area contributed by atoms with E-state index in [-0.39, 0.29) is 0 Å². The first-order valence-corrected chi connectivity index (χ1v) is 12.2. The molecule has 0 unspecified atom stereocenters. The molecular weight excluding hydrogens is 352 g/mol. The van der Waals surface area contributed by atoms with Crippen molar-refractivity contribution in [2.24, 2.45) is 23.7 Å². The van der Waals surface area contributed by atoms with Crippen molar-refractivity contribution in [3.63, 3.8) is 0 Å². The van der Waals surface area contributed by atoms with Crippen molar-refractivity contribution in [3.8, 4) is 0 Å². The van der Waals surface area contributed by atoms with Crippen LogP contribution in [0.2, 0.25) is 0 Å². The van der Waals surface area contributed by atoms with Crippen LogP contribution in [0, 0.1) is 23.7 Å². The van der Waals surface area contributed by atoms with Gasteiger partial charge in [0.25, 0.3) is 0 Å². The maximum absolute atomic E-state index is 5.52. The summed E-state index contributed by atoms with van der Waals surface area (Å²) in [5.41, 5.74) is 2.74. The fourth-order valence-electron chi connectivity index (χ4n) is 5.43. The molecule has 2 saturated carbocycles. The van der Waals surface area contributed by atoms with E-state index in [0.29, 0.717) is 13.2 Å². The summed E-state index contributed by atoms with van der Waals surface area (Å²) in [6.07, 6.45) is 21.1. The number of rotatable bonds is 11. The van der Waals surface area contributed by atoms with E-state index in [4.69, 9.17) is 4.74 Å². The van der Waals surface area contributed by atoms with Crippen LogP contribution in [-0.2, 0) is 17.8 Å². The average Bonchev–Trinajstić information content (AvgIpc) is 2.78. The largest absolute Gasteiger partial charge is 0.373 e. The normalized spacial score (nSPS) is 27.4. The third kappa shape index (κ3) is 7.78. The van der Waals surface area contributed by atoms with Crippen molar-refractivity contribution in [1.29, 1.82) is 0 Å². The predicted octanol–water partition coefficient (Wildman–Crippen LogP) is 7.90. The van der Waals surface area contributed by atoms with Crippen molar-refractivity contribution in [3.05, 3.63) is 60.7 Å². The van der Waals surface area contributed by atoms with E-state index >= 15 is 0 Å². The minimum absolute atomic E-state index is 0.626. The van der Waals surface area contributed by atoms with Crippen LogP contribution in [0.1, 0.15) is 81.8 Å². The maximum Gasteiger partial charge on any atom is 0.0721 e. The number of hydrogen-bond acceptors (Lipinski definition) is 1. The molecule has 160 valence electrons. The summed E-state index contributed by atoms with van der Waals surface area (Å²) in [5, 5.41) is 0. The van der Waals surface area contributed by atoms with Crippen LogP contribution in [-0.4, -0.2) is 6.61 Å². The van der Waals surface area contributed by atoms with Gasteiger partial charge in [-0.1, -0.05) is 74.9 Å². The van der Waals surface area contributed by atoms with Gasteiger partial charge in [-0.2, -0.15) is 0 Å². The third-order valence-electron chi connectivity index (χ3n) is 7.54. The molecule has 1 heteroatoms. The van der Waals surface area contributed by atoms with Crippen LogP contribution in [0.3, 0.4) is 0 Å². The molecule has 0 aromatic heterocycles. The maximum atomic E-state index is 5.52. The van der Waals surface area contributed by atoms with E-state index < -0.39 is 0 Å². The molecule has 1 aromatic carbocycles. The highest BCUT2D eigenvalue weighted by Gasteiger charge is 2.24. The lowest BCUT2D eigenvalue weighted by atomic mass is 9.75. The van der Waals surface area contributed by atoms with E-state index in [9.17, 15) is 0 Å². The molecule has 0 aliphatic heterocycles. The smallest absolute Gasteiger partial charge is 0.0721 e. The summed E-state index contributed by atoms with van der Waals surface area (Å²) in [7, 11) is 0. The van der Waals surface area contributed by atoms with Crippen LogP contribution >= 0.6 is 0 Å². The first kappa shape index (κ1) is 22.3. The summed E-state index contributed by atoms with van der Waals surface area (Å²) >= 11 is 0. The van der Waals surface area contributed by atoms with Gasteiger partial charge in [-0.15, -0.1) is 13.2 Å². The van der Waals surface area contributed by atoms with Gasteiger partial charge in [0.05, 0.1) is 13.2 Å². The summed E-state index contributed by atoms with van der Waals surface area (Å²) in [5.74, 6) is 3.78. The SMILES string of the molecule is C=CCOCc1ccc(CC[C@H]2CC[C@H](CC[C@H]3CC[C@H](C=C)CC3)CC2)cc1. The molecule has 0 amide bonds. The van der Waals surface area contributed by atoms with E-state index in [1.165, 1.54) is 88.2 Å². The topological polar surface area (TPSA) is 9.23 Å². The van der Waals surface area contributed by atoms with Crippen LogP contribution in [0.15, 0.2) is 49.6 Å². The Morgan fingerprint density at radius 2 is 1.24 bits per heavy atom. The summed E-state index contributed by atoms with van der Waals surface area (Å²) < 4.78 is 5.52. The molecule has 0 atom stereocenters. The fourth-order valence-corrected chi connectivity index (χ4v) is 5.43. The number of hydrogen-bond donors (Lipinski definition) is 0. The molecule has 29 heavy (non-hydrogen) atoms. The average molecular weight is 395 g/mol. The second kappa shape index (κ2) is 12.4. The highest BCUT2D eigenvalue weighted by molar-refractivity contribution is 5.22. The standard InChI is InChI=1S/C28H42O/c1-3-21-29-22-28-19-17-27(18-20-28)16-15-26-13-11-25(12-14-26)10-9-24-7-5-23(4-2)6-8-24/h3-4,17-20,23-26H,1-2,5-16,21-22H2/t23-,24-,25-,26-. The van der Waals surface area contributed by atoms with Crippen molar-refractivity contribution in [2.75, 3.05) is 6.61 Å². The summed E-state index contributed by atoms with van der Waals surface area (Å²) in [6.45, 7) is 8.98. The zero-order chi connectivity index (χ0) is 20.3. The monoisotopic (exact) mass is 394 g/mol. The fraction of sp³-hybridized carbons (Fsp3) is 0.643. The number of allylic oxidation sites excluding steroid dienone is 1. The molecule has 0 spiro atoms. The Kier molecular flexibility index (Phi) is 9.54. The summed E-state index contributed by atoms with van der Waals surface area (Å²) in [6, 6.07) is 9.02. The number of aryl methyl sites for hydroxylation is 1. The molecule has 3 rings (SSSR count).